The molecule has 1 N–H and O–H groups in total. The van der Waals surface area contributed by atoms with Gasteiger partial charge in [0.1, 0.15) is 11.6 Å². The van der Waals surface area contributed by atoms with Crippen LogP contribution < -0.4 is 9.80 Å². The van der Waals surface area contributed by atoms with Crippen molar-refractivity contribution in [1.29, 1.82) is 0 Å². The molecule has 0 aliphatic carbocycles. The van der Waals surface area contributed by atoms with Crippen LogP contribution in [0.3, 0.4) is 0 Å². The highest BCUT2D eigenvalue weighted by molar-refractivity contribution is 5.92. The van der Waals surface area contributed by atoms with E-state index in [9.17, 15) is 18.7 Å². The zero-order chi connectivity index (χ0) is 21.3. The van der Waals surface area contributed by atoms with Gasteiger partial charge in [-0.2, -0.15) is 0 Å². The van der Waals surface area contributed by atoms with Gasteiger partial charge in [0.15, 0.2) is 0 Å². The first-order chi connectivity index (χ1) is 14.4. The Labute approximate surface area is 175 Å². The molecule has 1 fully saturated rings. The third-order valence-electron chi connectivity index (χ3n) is 6.04. The summed E-state index contributed by atoms with van der Waals surface area (Å²) in [5.74, 6) is -1.08. The molecule has 2 aliphatic heterocycles. The fraction of sp³-hybridized carbons (Fsp3) is 0.435. The van der Waals surface area contributed by atoms with Gasteiger partial charge in [0, 0.05) is 57.9 Å². The molecule has 0 bridgehead atoms. The number of aryl methyl sites for hydroxylation is 1. The van der Waals surface area contributed by atoms with Crippen LogP contribution in [0.2, 0.25) is 0 Å². The maximum absolute atomic E-state index is 14.0. The maximum Gasteiger partial charge on any atom is 0.223 e. The van der Waals surface area contributed by atoms with Crippen molar-refractivity contribution in [2.45, 2.75) is 25.9 Å². The van der Waals surface area contributed by atoms with Crippen molar-refractivity contribution < 1.29 is 18.7 Å². The number of carbonyl (C=O) groups is 1. The number of aliphatic hydroxyl groups is 1. The van der Waals surface area contributed by atoms with Crippen molar-refractivity contribution in [3.8, 4) is 0 Å². The van der Waals surface area contributed by atoms with Gasteiger partial charge in [-0.25, -0.2) is 8.78 Å². The molecule has 160 valence electrons. The molecule has 0 radical (unpaired) electrons. The van der Waals surface area contributed by atoms with Crippen LogP contribution in [0.4, 0.5) is 20.2 Å². The monoisotopic (exact) mass is 415 g/mol. The van der Waals surface area contributed by atoms with Crippen molar-refractivity contribution in [2.24, 2.45) is 0 Å². The molecule has 1 saturated heterocycles. The number of carbonyl (C=O) groups excluding carboxylic acids is 1. The van der Waals surface area contributed by atoms with E-state index in [1.54, 1.807) is 11.8 Å². The normalized spacial score (nSPS) is 18.3. The first kappa shape index (κ1) is 20.8. The number of anilines is 2. The first-order valence-electron chi connectivity index (χ1n) is 10.4. The number of aliphatic hydroxyl groups excluding tert-OH is 1. The lowest BCUT2D eigenvalue weighted by molar-refractivity contribution is -0.116. The highest BCUT2D eigenvalue weighted by Crippen LogP contribution is 2.30. The molecular weight excluding hydrogens is 388 g/mol. The number of hydrogen-bond acceptors (Lipinski definition) is 4. The Hall–Kier alpha value is -2.51. The summed E-state index contributed by atoms with van der Waals surface area (Å²) in [6.07, 6.45) is 1.20. The van der Waals surface area contributed by atoms with Crippen molar-refractivity contribution in [2.75, 3.05) is 49.1 Å². The van der Waals surface area contributed by atoms with E-state index in [2.05, 4.69) is 4.90 Å². The minimum atomic E-state index is -0.628. The fourth-order valence-corrected chi connectivity index (χ4v) is 4.41. The number of β-amino-alcohol motifs (C(OH)–C–C–N with tert-alkyl or cyclic N) is 1. The summed E-state index contributed by atoms with van der Waals surface area (Å²) in [4.78, 5) is 17.7. The second kappa shape index (κ2) is 8.70. The van der Waals surface area contributed by atoms with Gasteiger partial charge in [0.2, 0.25) is 5.91 Å². The predicted molar refractivity (Wildman–Crippen MR) is 113 cm³/mol. The number of amides is 1. The molecule has 0 spiro atoms. The molecule has 1 atom stereocenters. The van der Waals surface area contributed by atoms with E-state index >= 15 is 0 Å². The van der Waals surface area contributed by atoms with E-state index < -0.39 is 17.7 Å². The highest BCUT2D eigenvalue weighted by atomic mass is 19.1. The Balaban J connectivity index is 1.37. The van der Waals surface area contributed by atoms with E-state index in [1.165, 1.54) is 12.1 Å². The van der Waals surface area contributed by atoms with E-state index in [0.717, 1.165) is 42.3 Å². The molecule has 7 heteroatoms. The largest absolute Gasteiger partial charge is 0.387 e. The van der Waals surface area contributed by atoms with Crippen LogP contribution in [-0.2, 0) is 11.2 Å². The second-order valence-corrected chi connectivity index (χ2v) is 8.06. The predicted octanol–water partition coefficient (Wildman–Crippen LogP) is 3.12. The summed E-state index contributed by atoms with van der Waals surface area (Å²) in [5.41, 5.74) is 3.32. The third-order valence-corrected chi connectivity index (χ3v) is 6.04. The minimum Gasteiger partial charge on any atom is -0.387 e. The molecule has 30 heavy (non-hydrogen) atoms. The Morgan fingerprint density at radius 3 is 2.47 bits per heavy atom. The van der Waals surface area contributed by atoms with Gasteiger partial charge in [0.05, 0.1) is 11.8 Å². The molecular formula is C23H27F2N3O2. The van der Waals surface area contributed by atoms with Gasteiger partial charge in [-0.05, 0) is 42.2 Å². The quantitative estimate of drug-likeness (QED) is 0.834. The molecule has 1 amide bonds. The molecule has 5 nitrogen and oxygen atoms in total. The van der Waals surface area contributed by atoms with Gasteiger partial charge in [-0.15, -0.1) is 0 Å². The maximum atomic E-state index is 14.0. The SMILES string of the molecule is CC(=O)N1CCCc2cc([C@@H](O)CN3CCN(c4ccc(F)cc4F)CC3)ccc21. The molecule has 2 aromatic rings. The zero-order valence-corrected chi connectivity index (χ0v) is 17.2. The molecule has 0 saturated carbocycles. The smallest absolute Gasteiger partial charge is 0.223 e. The summed E-state index contributed by atoms with van der Waals surface area (Å²) in [6, 6.07) is 9.51. The van der Waals surface area contributed by atoms with Crippen LogP contribution in [0.1, 0.15) is 30.6 Å². The number of nitrogens with zero attached hydrogens (tertiary/aromatic N) is 3. The topological polar surface area (TPSA) is 47.0 Å². The first-order valence-corrected chi connectivity index (χ1v) is 10.4. The van der Waals surface area contributed by atoms with E-state index in [-0.39, 0.29) is 5.91 Å². The number of hydrogen-bond donors (Lipinski definition) is 1. The van der Waals surface area contributed by atoms with E-state index in [0.29, 0.717) is 38.4 Å². The number of halogens is 2. The number of piperazine rings is 1. The van der Waals surface area contributed by atoms with Crippen LogP contribution >= 0.6 is 0 Å². The van der Waals surface area contributed by atoms with Crippen LogP contribution in [-0.4, -0.2) is 55.2 Å². The van der Waals surface area contributed by atoms with Crippen molar-refractivity contribution in [1.82, 2.24) is 4.90 Å². The zero-order valence-electron chi connectivity index (χ0n) is 17.2. The summed E-state index contributed by atoms with van der Waals surface area (Å²) in [6.45, 7) is 5.43. The van der Waals surface area contributed by atoms with E-state index in [1.807, 2.05) is 23.1 Å². The van der Waals surface area contributed by atoms with E-state index in [4.69, 9.17) is 0 Å². The van der Waals surface area contributed by atoms with Gasteiger partial charge in [0.25, 0.3) is 0 Å². The van der Waals surface area contributed by atoms with Crippen LogP contribution in [0, 0.1) is 11.6 Å². The molecule has 2 aliphatic rings. The summed E-state index contributed by atoms with van der Waals surface area (Å²) >= 11 is 0. The lowest BCUT2D eigenvalue weighted by Crippen LogP contribution is -2.47. The Bertz CT molecular complexity index is 929. The molecule has 2 heterocycles. The Kier molecular flexibility index (Phi) is 6.01. The summed E-state index contributed by atoms with van der Waals surface area (Å²) in [5, 5.41) is 10.8. The highest BCUT2D eigenvalue weighted by Gasteiger charge is 2.24. The lowest BCUT2D eigenvalue weighted by Gasteiger charge is -2.37. The van der Waals surface area contributed by atoms with Crippen molar-refractivity contribution in [3.63, 3.8) is 0 Å². The fourth-order valence-electron chi connectivity index (χ4n) is 4.41. The minimum absolute atomic E-state index is 0.0414. The van der Waals surface area contributed by atoms with Crippen LogP contribution in [0.5, 0.6) is 0 Å². The molecule has 0 unspecified atom stereocenters. The summed E-state index contributed by atoms with van der Waals surface area (Å²) in [7, 11) is 0. The van der Waals surface area contributed by atoms with Gasteiger partial charge in [-0.3, -0.25) is 9.69 Å². The Morgan fingerprint density at radius 1 is 1.03 bits per heavy atom. The summed E-state index contributed by atoms with van der Waals surface area (Å²) < 4.78 is 27.2. The van der Waals surface area contributed by atoms with Gasteiger partial charge in [-0.1, -0.05) is 12.1 Å². The van der Waals surface area contributed by atoms with Gasteiger partial charge >= 0.3 is 0 Å². The number of benzene rings is 2. The average molecular weight is 415 g/mol. The molecule has 2 aromatic carbocycles. The van der Waals surface area contributed by atoms with Crippen molar-refractivity contribution >= 4 is 17.3 Å². The molecule has 0 aromatic heterocycles. The molecule has 4 rings (SSSR count). The average Bonchev–Trinajstić information content (AvgIpc) is 2.73. The van der Waals surface area contributed by atoms with Crippen molar-refractivity contribution in [3.05, 3.63) is 59.2 Å². The standard InChI is InChI=1S/C23H27F2N3O2/c1-16(29)28-8-2-3-17-13-18(4-6-21(17)28)23(30)15-26-9-11-27(12-10-26)22-7-5-19(24)14-20(22)25/h4-7,13-14,23,30H,2-3,8-12,15H2,1H3/t23-/m0/s1. The second-order valence-electron chi connectivity index (χ2n) is 8.06. The van der Waals surface area contributed by atoms with Crippen LogP contribution in [0.25, 0.3) is 0 Å². The van der Waals surface area contributed by atoms with Crippen LogP contribution in [0.15, 0.2) is 36.4 Å². The van der Waals surface area contributed by atoms with Gasteiger partial charge < -0.3 is 14.9 Å². The lowest BCUT2D eigenvalue weighted by atomic mass is 9.97. The number of fused-ring (bicyclic) bond motifs is 1. The third kappa shape index (κ3) is 4.32. The Morgan fingerprint density at radius 2 is 1.77 bits per heavy atom. The number of rotatable bonds is 4.